The highest BCUT2D eigenvalue weighted by molar-refractivity contribution is 7.99. The van der Waals surface area contributed by atoms with E-state index in [4.69, 9.17) is 4.42 Å². The minimum atomic E-state index is -0.0510. The fourth-order valence-corrected chi connectivity index (χ4v) is 3.73. The first kappa shape index (κ1) is 16.7. The summed E-state index contributed by atoms with van der Waals surface area (Å²) < 4.78 is 5.52. The molecule has 3 aromatic rings. The predicted octanol–water partition coefficient (Wildman–Crippen LogP) is 4.29. The second-order valence-corrected chi connectivity index (χ2v) is 7.11. The molecule has 0 aliphatic heterocycles. The topological polar surface area (TPSA) is 68.0 Å². The van der Waals surface area contributed by atoms with Crippen LogP contribution < -0.4 is 5.32 Å². The molecule has 0 aromatic carbocycles. The van der Waals surface area contributed by atoms with Crippen LogP contribution in [0.25, 0.3) is 11.3 Å². The van der Waals surface area contributed by atoms with E-state index in [1.807, 2.05) is 43.6 Å². The van der Waals surface area contributed by atoms with E-state index in [1.165, 1.54) is 11.3 Å². The molecular weight excluding hydrogens is 342 g/mol. The summed E-state index contributed by atoms with van der Waals surface area (Å²) in [6.07, 6.45) is 3.55. The standard InChI is InChI=1S/C17H17N3O2S2/c1-11-6-14(12(2)22-11)15-9-24-17(19-15)20-16(21)10-23-8-13-4-3-5-18-7-13/h3-7,9H,8,10H2,1-2H3,(H,19,20,21). The van der Waals surface area contributed by atoms with Gasteiger partial charge < -0.3 is 9.73 Å². The van der Waals surface area contributed by atoms with Crippen molar-refractivity contribution in [3.8, 4) is 11.3 Å². The second kappa shape index (κ2) is 7.63. The lowest BCUT2D eigenvalue weighted by Gasteiger charge is -2.02. The molecule has 0 saturated carbocycles. The van der Waals surface area contributed by atoms with E-state index in [9.17, 15) is 4.79 Å². The Hall–Kier alpha value is -2.12. The van der Waals surface area contributed by atoms with Crippen molar-refractivity contribution in [2.45, 2.75) is 19.6 Å². The number of hydrogen-bond donors (Lipinski definition) is 1. The normalized spacial score (nSPS) is 10.8. The first-order valence-corrected chi connectivity index (χ1v) is 9.44. The summed E-state index contributed by atoms with van der Waals surface area (Å²) in [6, 6.07) is 5.85. The van der Waals surface area contributed by atoms with Gasteiger partial charge in [-0.1, -0.05) is 6.07 Å². The van der Waals surface area contributed by atoms with Crippen LogP contribution in [0.1, 0.15) is 17.1 Å². The van der Waals surface area contributed by atoms with Gasteiger partial charge in [-0.25, -0.2) is 4.98 Å². The van der Waals surface area contributed by atoms with Crippen molar-refractivity contribution in [3.05, 3.63) is 53.1 Å². The van der Waals surface area contributed by atoms with Gasteiger partial charge in [0.15, 0.2) is 5.13 Å². The Bertz CT molecular complexity index is 827. The van der Waals surface area contributed by atoms with Gasteiger partial charge in [0.2, 0.25) is 5.91 Å². The number of carbonyl (C=O) groups excluding carboxylic acids is 1. The molecule has 7 heteroatoms. The lowest BCUT2D eigenvalue weighted by molar-refractivity contribution is -0.113. The number of nitrogens with zero attached hydrogens (tertiary/aromatic N) is 2. The minimum absolute atomic E-state index is 0.0510. The van der Waals surface area contributed by atoms with Gasteiger partial charge in [0.1, 0.15) is 11.5 Å². The zero-order valence-corrected chi connectivity index (χ0v) is 15.0. The Morgan fingerprint density at radius 2 is 2.29 bits per heavy atom. The molecule has 0 spiro atoms. The smallest absolute Gasteiger partial charge is 0.236 e. The summed E-state index contributed by atoms with van der Waals surface area (Å²) in [5.74, 6) is 2.78. The lowest BCUT2D eigenvalue weighted by atomic mass is 10.2. The Labute approximate surface area is 148 Å². The van der Waals surface area contributed by atoms with Crippen molar-refractivity contribution < 1.29 is 9.21 Å². The third kappa shape index (κ3) is 4.24. The number of furan rings is 1. The molecule has 1 amide bonds. The number of aromatic nitrogens is 2. The molecule has 24 heavy (non-hydrogen) atoms. The van der Waals surface area contributed by atoms with Crippen LogP contribution in [-0.4, -0.2) is 21.6 Å². The first-order chi connectivity index (χ1) is 11.6. The van der Waals surface area contributed by atoms with E-state index < -0.39 is 0 Å². The highest BCUT2D eigenvalue weighted by atomic mass is 32.2. The van der Waals surface area contributed by atoms with E-state index in [0.717, 1.165) is 34.1 Å². The number of anilines is 1. The highest BCUT2D eigenvalue weighted by Crippen LogP contribution is 2.29. The fraction of sp³-hybridized carbons (Fsp3) is 0.235. The SMILES string of the molecule is Cc1cc(-c2csc(NC(=O)CSCc3cccnc3)n2)c(C)o1. The summed E-state index contributed by atoms with van der Waals surface area (Å²) >= 11 is 2.97. The molecule has 0 atom stereocenters. The maximum Gasteiger partial charge on any atom is 0.236 e. The molecule has 0 fully saturated rings. The third-order valence-corrected chi connectivity index (χ3v) is 5.05. The van der Waals surface area contributed by atoms with E-state index in [1.54, 1.807) is 18.0 Å². The number of amides is 1. The van der Waals surface area contributed by atoms with Gasteiger partial charge in [-0.15, -0.1) is 23.1 Å². The number of thiazole rings is 1. The molecule has 0 saturated heterocycles. The van der Waals surface area contributed by atoms with Gasteiger partial charge >= 0.3 is 0 Å². The van der Waals surface area contributed by atoms with Crippen molar-refractivity contribution in [1.29, 1.82) is 0 Å². The van der Waals surface area contributed by atoms with E-state index >= 15 is 0 Å². The van der Waals surface area contributed by atoms with Crippen LogP contribution in [0.4, 0.5) is 5.13 Å². The van der Waals surface area contributed by atoms with Crippen LogP contribution >= 0.6 is 23.1 Å². The maximum absolute atomic E-state index is 12.0. The second-order valence-electron chi connectivity index (χ2n) is 5.27. The maximum atomic E-state index is 12.0. The van der Waals surface area contributed by atoms with Crippen LogP contribution in [0.5, 0.6) is 0 Å². The van der Waals surface area contributed by atoms with Crippen LogP contribution in [0.3, 0.4) is 0 Å². The third-order valence-electron chi connectivity index (χ3n) is 3.29. The number of rotatable bonds is 6. The Balaban J connectivity index is 1.53. The summed E-state index contributed by atoms with van der Waals surface area (Å²) in [7, 11) is 0. The predicted molar refractivity (Wildman–Crippen MR) is 98.3 cm³/mol. The zero-order chi connectivity index (χ0) is 16.9. The van der Waals surface area contributed by atoms with Crippen molar-refractivity contribution in [3.63, 3.8) is 0 Å². The van der Waals surface area contributed by atoms with Crippen molar-refractivity contribution in [2.75, 3.05) is 11.1 Å². The van der Waals surface area contributed by atoms with Crippen LogP contribution in [0.15, 0.2) is 40.4 Å². The molecule has 0 aliphatic rings. The Kier molecular flexibility index (Phi) is 5.32. The molecule has 0 radical (unpaired) electrons. The van der Waals surface area contributed by atoms with Gasteiger partial charge in [0.05, 0.1) is 11.4 Å². The summed E-state index contributed by atoms with van der Waals surface area (Å²) in [5.41, 5.74) is 2.90. The summed E-state index contributed by atoms with van der Waals surface area (Å²) in [6.45, 7) is 3.82. The average molecular weight is 359 g/mol. The molecule has 3 heterocycles. The molecule has 3 rings (SSSR count). The Morgan fingerprint density at radius 3 is 3.00 bits per heavy atom. The van der Waals surface area contributed by atoms with Gasteiger partial charge in [0.25, 0.3) is 0 Å². The highest BCUT2D eigenvalue weighted by Gasteiger charge is 2.12. The van der Waals surface area contributed by atoms with Crippen LogP contribution in [0.2, 0.25) is 0 Å². The molecule has 1 N–H and O–H groups in total. The largest absolute Gasteiger partial charge is 0.466 e. The van der Waals surface area contributed by atoms with E-state index in [-0.39, 0.29) is 5.91 Å². The molecule has 0 bridgehead atoms. The number of pyridine rings is 1. The number of nitrogens with one attached hydrogen (secondary N) is 1. The Morgan fingerprint density at radius 1 is 1.42 bits per heavy atom. The van der Waals surface area contributed by atoms with E-state index in [0.29, 0.717) is 10.9 Å². The van der Waals surface area contributed by atoms with E-state index in [2.05, 4.69) is 15.3 Å². The number of thioether (sulfide) groups is 1. The lowest BCUT2D eigenvalue weighted by Crippen LogP contribution is -2.14. The number of aryl methyl sites for hydroxylation is 2. The summed E-state index contributed by atoms with van der Waals surface area (Å²) in [5, 5.41) is 5.38. The van der Waals surface area contributed by atoms with Gasteiger partial charge in [-0.05, 0) is 31.5 Å². The quantitative estimate of drug-likeness (QED) is 0.711. The van der Waals surface area contributed by atoms with Gasteiger partial charge in [-0.2, -0.15) is 0 Å². The van der Waals surface area contributed by atoms with Crippen LogP contribution in [0, 0.1) is 13.8 Å². The molecule has 3 aromatic heterocycles. The van der Waals surface area contributed by atoms with Gasteiger partial charge in [0, 0.05) is 29.1 Å². The molecular formula is C17H17N3O2S2. The molecule has 0 unspecified atom stereocenters. The van der Waals surface area contributed by atoms with Crippen molar-refractivity contribution in [2.24, 2.45) is 0 Å². The van der Waals surface area contributed by atoms with Gasteiger partial charge in [-0.3, -0.25) is 9.78 Å². The van der Waals surface area contributed by atoms with Crippen molar-refractivity contribution in [1.82, 2.24) is 9.97 Å². The average Bonchev–Trinajstić information content (AvgIpc) is 3.14. The monoisotopic (exact) mass is 359 g/mol. The van der Waals surface area contributed by atoms with Crippen molar-refractivity contribution >= 4 is 34.1 Å². The minimum Gasteiger partial charge on any atom is -0.466 e. The molecule has 0 aliphatic carbocycles. The number of hydrogen-bond acceptors (Lipinski definition) is 6. The first-order valence-electron chi connectivity index (χ1n) is 7.41. The summed E-state index contributed by atoms with van der Waals surface area (Å²) in [4.78, 5) is 20.5. The number of carbonyl (C=O) groups is 1. The molecule has 5 nitrogen and oxygen atoms in total. The zero-order valence-electron chi connectivity index (χ0n) is 13.4. The molecule has 124 valence electrons. The fourth-order valence-electron chi connectivity index (χ4n) is 2.24. The van der Waals surface area contributed by atoms with Crippen LogP contribution in [-0.2, 0) is 10.5 Å².